The van der Waals surface area contributed by atoms with E-state index in [0.29, 0.717) is 5.95 Å². The van der Waals surface area contributed by atoms with Crippen molar-refractivity contribution in [3.8, 4) is 0 Å². The van der Waals surface area contributed by atoms with Crippen LogP contribution in [0.15, 0.2) is 54.6 Å². The molecule has 0 amide bonds. The van der Waals surface area contributed by atoms with E-state index < -0.39 is 0 Å². The molecule has 3 aromatic rings. The maximum Gasteiger partial charge on any atom is 0.229 e. The Morgan fingerprint density at radius 2 is 1.59 bits per heavy atom. The van der Waals surface area contributed by atoms with Gasteiger partial charge in [-0.1, -0.05) is 18.2 Å². The molecule has 2 heterocycles. The molecule has 0 atom stereocenters. The zero-order chi connectivity index (χ0) is 18.6. The Morgan fingerprint density at radius 1 is 0.852 bits per heavy atom. The second kappa shape index (κ2) is 7.66. The molecule has 138 valence electrons. The van der Waals surface area contributed by atoms with Crippen LogP contribution >= 0.6 is 0 Å². The van der Waals surface area contributed by atoms with Crippen LogP contribution in [0.25, 0.3) is 0 Å². The minimum atomic E-state index is 0.597. The molecule has 1 fully saturated rings. The fourth-order valence-corrected chi connectivity index (χ4v) is 3.40. The van der Waals surface area contributed by atoms with Crippen LogP contribution in [0.4, 0.5) is 28.8 Å². The van der Waals surface area contributed by atoms with E-state index in [0.717, 1.165) is 36.0 Å². The largest absolute Gasteiger partial charge is 0.372 e. The predicted molar refractivity (Wildman–Crippen MR) is 112 cm³/mol. The van der Waals surface area contributed by atoms with Crippen LogP contribution in [0.1, 0.15) is 24.1 Å². The minimum Gasteiger partial charge on any atom is -0.372 e. The topological polar surface area (TPSA) is 53.1 Å². The first-order valence-corrected chi connectivity index (χ1v) is 9.48. The zero-order valence-corrected chi connectivity index (χ0v) is 15.9. The van der Waals surface area contributed by atoms with Crippen LogP contribution in [-0.2, 0) is 0 Å². The van der Waals surface area contributed by atoms with Crippen molar-refractivity contribution in [1.82, 2.24) is 9.97 Å². The molecule has 1 aliphatic heterocycles. The van der Waals surface area contributed by atoms with Crippen LogP contribution in [0.2, 0.25) is 0 Å². The lowest BCUT2D eigenvalue weighted by molar-refractivity contribution is 0.949. The molecule has 2 aromatic carbocycles. The molecule has 0 aliphatic carbocycles. The highest BCUT2D eigenvalue weighted by molar-refractivity contribution is 5.63. The summed E-state index contributed by atoms with van der Waals surface area (Å²) >= 11 is 0. The molecule has 5 heteroatoms. The van der Waals surface area contributed by atoms with Crippen molar-refractivity contribution in [3.05, 3.63) is 65.9 Å². The molecular formula is C22H25N5. The molecule has 0 spiro atoms. The second-order valence-corrected chi connectivity index (χ2v) is 7.02. The molecule has 1 aromatic heterocycles. The molecular weight excluding hydrogens is 334 g/mol. The highest BCUT2D eigenvalue weighted by Crippen LogP contribution is 2.24. The number of para-hydroxylation sites is 1. The normalized spacial score (nSPS) is 13.6. The Balaban J connectivity index is 1.50. The standard InChI is InChI=1S/C22H25N5/c1-16-7-3-4-8-20(16)25-21-15-17(2)23-22(26-21)24-18-9-11-19(12-10-18)27-13-5-6-14-27/h3-4,7-12,15H,5-6,13-14H2,1-2H3,(H2,23,24,25,26). The summed E-state index contributed by atoms with van der Waals surface area (Å²) in [5.74, 6) is 1.38. The van der Waals surface area contributed by atoms with E-state index in [-0.39, 0.29) is 0 Å². The van der Waals surface area contributed by atoms with Gasteiger partial charge < -0.3 is 15.5 Å². The Hall–Kier alpha value is -3.08. The molecule has 1 aliphatic rings. The molecule has 0 unspecified atom stereocenters. The van der Waals surface area contributed by atoms with E-state index in [1.165, 1.54) is 24.1 Å². The third-order valence-corrected chi connectivity index (χ3v) is 4.86. The monoisotopic (exact) mass is 359 g/mol. The minimum absolute atomic E-state index is 0.597. The van der Waals surface area contributed by atoms with E-state index in [1.807, 2.05) is 25.1 Å². The van der Waals surface area contributed by atoms with Gasteiger partial charge in [0.1, 0.15) is 5.82 Å². The Kier molecular flexibility index (Phi) is 4.92. The summed E-state index contributed by atoms with van der Waals surface area (Å²) < 4.78 is 0. The maximum absolute atomic E-state index is 4.62. The number of hydrogen-bond acceptors (Lipinski definition) is 5. The summed E-state index contributed by atoms with van der Waals surface area (Å²) in [5.41, 5.74) is 5.42. The van der Waals surface area contributed by atoms with E-state index >= 15 is 0 Å². The summed E-state index contributed by atoms with van der Waals surface area (Å²) in [5, 5.41) is 6.71. The SMILES string of the molecule is Cc1cc(Nc2ccccc2C)nc(Nc2ccc(N3CCCC3)cc2)n1. The average molecular weight is 359 g/mol. The van der Waals surface area contributed by atoms with Crippen LogP contribution in [-0.4, -0.2) is 23.1 Å². The van der Waals surface area contributed by atoms with Crippen LogP contribution in [0, 0.1) is 13.8 Å². The van der Waals surface area contributed by atoms with Gasteiger partial charge in [0.25, 0.3) is 0 Å². The number of aryl methyl sites for hydroxylation is 2. The van der Waals surface area contributed by atoms with E-state index in [4.69, 9.17) is 0 Å². The van der Waals surface area contributed by atoms with E-state index in [9.17, 15) is 0 Å². The quantitative estimate of drug-likeness (QED) is 0.657. The zero-order valence-electron chi connectivity index (χ0n) is 15.9. The third kappa shape index (κ3) is 4.19. The highest BCUT2D eigenvalue weighted by Gasteiger charge is 2.12. The number of rotatable bonds is 5. The number of nitrogens with one attached hydrogen (secondary N) is 2. The van der Waals surface area contributed by atoms with Gasteiger partial charge in [-0.15, -0.1) is 0 Å². The third-order valence-electron chi connectivity index (χ3n) is 4.86. The lowest BCUT2D eigenvalue weighted by atomic mass is 10.2. The van der Waals surface area contributed by atoms with Crippen molar-refractivity contribution in [1.29, 1.82) is 0 Å². The van der Waals surface area contributed by atoms with Gasteiger partial charge in [0.2, 0.25) is 5.95 Å². The smallest absolute Gasteiger partial charge is 0.229 e. The van der Waals surface area contributed by atoms with Gasteiger partial charge >= 0.3 is 0 Å². The Bertz CT molecular complexity index is 914. The van der Waals surface area contributed by atoms with Gasteiger partial charge in [-0.3, -0.25) is 0 Å². The molecule has 2 N–H and O–H groups in total. The first kappa shape index (κ1) is 17.3. The Labute approximate surface area is 160 Å². The van der Waals surface area contributed by atoms with E-state index in [2.05, 4.69) is 68.8 Å². The van der Waals surface area contributed by atoms with Crippen molar-refractivity contribution < 1.29 is 0 Å². The van der Waals surface area contributed by atoms with E-state index in [1.54, 1.807) is 0 Å². The highest BCUT2D eigenvalue weighted by atomic mass is 15.2. The lowest BCUT2D eigenvalue weighted by Crippen LogP contribution is -2.17. The molecule has 0 radical (unpaired) electrons. The molecule has 4 rings (SSSR count). The summed E-state index contributed by atoms with van der Waals surface area (Å²) in [6, 6.07) is 18.6. The Morgan fingerprint density at radius 3 is 2.33 bits per heavy atom. The van der Waals surface area contributed by atoms with Gasteiger partial charge in [-0.2, -0.15) is 4.98 Å². The number of aromatic nitrogens is 2. The summed E-state index contributed by atoms with van der Waals surface area (Å²) in [6.45, 7) is 6.37. The fourth-order valence-electron chi connectivity index (χ4n) is 3.40. The summed E-state index contributed by atoms with van der Waals surface area (Å²) in [6.07, 6.45) is 2.57. The van der Waals surface area contributed by atoms with Gasteiger partial charge in [-0.05, 0) is 62.6 Å². The maximum atomic E-state index is 4.62. The van der Waals surface area contributed by atoms with Crippen LogP contribution in [0.5, 0.6) is 0 Å². The number of benzene rings is 2. The second-order valence-electron chi connectivity index (χ2n) is 7.02. The molecule has 0 saturated carbocycles. The predicted octanol–water partition coefficient (Wildman–Crippen LogP) is 5.18. The summed E-state index contributed by atoms with van der Waals surface area (Å²) in [4.78, 5) is 11.6. The molecule has 1 saturated heterocycles. The van der Waals surface area contributed by atoms with Gasteiger partial charge in [0.05, 0.1) is 0 Å². The van der Waals surface area contributed by atoms with Crippen LogP contribution < -0.4 is 15.5 Å². The number of anilines is 5. The van der Waals surface area contributed by atoms with Gasteiger partial charge in [-0.25, -0.2) is 4.98 Å². The van der Waals surface area contributed by atoms with Crippen molar-refractivity contribution in [3.63, 3.8) is 0 Å². The first-order chi connectivity index (χ1) is 13.2. The molecule has 27 heavy (non-hydrogen) atoms. The van der Waals surface area contributed by atoms with Crippen molar-refractivity contribution in [2.75, 3.05) is 28.6 Å². The van der Waals surface area contributed by atoms with Crippen molar-refractivity contribution in [2.45, 2.75) is 26.7 Å². The van der Waals surface area contributed by atoms with Crippen LogP contribution in [0.3, 0.4) is 0 Å². The number of hydrogen-bond donors (Lipinski definition) is 2. The lowest BCUT2D eigenvalue weighted by Gasteiger charge is -2.18. The van der Waals surface area contributed by atoms with Crippen molar-refractivity contribution >= 4 is 28.8 Å². The average Bonchev–Trinajstić information content (AvgIpc) is 3.19. The molecule has 0 bridgehead atoms. The van der Waals surface area contributed by atoms with Gasteiger partial charge in [0.15, 0.2) is 0 Å². The fraction of sp³-hybridized carbons (Fsp3) is 0.273. The van der Waals surface area contributed by atoms with Crippen molar-refractivity contribution in [2.24, 2.45) is 0 Å². The number of nitrogens with zero attached hydrogens (tertiary/aromatic N) is 3. The van der Waals surface area contributed by atoms with Gasteiger partial charge in [0, 0.05) is 41.9 Å². The summed E-state index contributed by atoms with van der Waals surface area (Å²) in [7, 11) is 0. The first-order valence-electron chi connectivity index (χ1n) is 9.48. The molecule has 5 nitrogen and oxygen atoms in total.